The Morgan fingerprint density at radius 1 is 1.21 bits per heavy atom. The minimum Gasteiger partial charge on any atom is -0.486 e. The molecule has 2 aliphatic heterocycles. The van der Waals surface area contributed by atoms with Crippen LogP contribution >= 0.6 is 0 Å². The second kappa shape index (κ2) is 7.69. The van der Waals surface area contributed by atoms with Crippen LogP contribution in [0.2, 0.25) is 0 Å². The van der Waals surface area contributed by atoms with E-state index in [0.29, 0.717) is 32.5 Å². The zero-order chi connectivity index (χ0) is 16.9. The number of benzene rings is 1. The van der Waals surface area contributed by atoms with Crippen molar-refractivity contribution in [2.24, 2.45) is 0 Å². The first-order valence-electron chi connectivity index (χ1n) is 8.91. The zero-order valence-electron chi connectivity index (χ0n) is 14.4. The Morgan fingerprint density at radius 3 is 2.79 bits per heavy atom. The number of aryl methyl sites for hydroxylation is 1. The van der Waals surface area contributed by atoms with E-state index in [1.807, 2.05) is 41.0 Å². The van der Waals surface area contributed by atoms with Gasteiger partial charge in [-0.3, -0.25) is 9.59 Å². The van der Waals surface area contributed by atoms with Crippen molar-refractivity contribution < 1.29 is 14.3 Å². The molecule has 0 radical (unpaired) electrons. The summed E-state index contributed by atoms with van der Waals surface area (Å²) in [5.74, 6) is 1.21. The van der Waals surface area contributed by atoms with Crippen LogP contribution in [-0.4, -0.2) is 53.9 Å². The lowest BCUT2D eigenvalue weighted by molar-refractivity contribution is -0.141. The molecule has 1 aromatic rings. The predicted octanol–water partition coefficient (Wildman–Crippen LogP) is 2.38. The predicted molar refractivity (Wildman–Crippen MR) is 91.8 cm³/mol. The molecule has 2 saturated heterocycles. The molecule has 5 nitrogen and oxygen atoms in total. The van der Waals surface area contributed by atoms with Gasteiger partial charge in [0.1, 0.15) is 11.9 Å². The molecule has 5 heteroatoms. The summed E-state index contributed by atoms with van der Waals surface area (Å²) in [6.45, 7) is 4.65. The molecule has 2 heterocycles. The first-order chi connectivity index (χ1) is 11.6. The summed E-state index contributed by atoms with van der Waals surface area (Å²) in [5.41, 5.74) is 1.11. The minimum atomic E-state index is 0.0786. The maximum atomic E-state index is 12.3. The molecule has 3 rings (SSSR count). The lowest BCUT2D eigenvalue weighted by Crippen LogP contribution is -2.56. The van der Waals surface area contributed by atoms with Crippen LogP contribution in [0.5, 0.6) is 5.75 Å². The molecule has 0 aromatic heterocycles. The zero-order valence-corrected chi connectivity index (χ0v) is 14.4. The fourth-order valence-electron chi connectivity index (χ4n) is 3.25. The van der Waals surface area contributed by atoms with Gasteiger partial charge in [-0.1, -0.05) is 24.6 Å². The molecule has 0 bridgehead atoms. The highest BCUT2D eigenvalue weighted by atomic mass is 16.5. The van der Waals surface area contributed by atoms with E-state index < -0.39 is 0 Å². The summed E-state index contributed by atoms with van der Waals surface area (Å²) in [7, 11) is 0. The van der Waals surface area contributed by atoms with Crippen LogP contribution in [0.15, 0.2) is 24.3 Å². The molecule has 0 atom stereocenters. The molecule has 2 amide bonds. The molecule has 0 saturated carbocycles. The van der Waals surface area contributed by atoms with Crippen LogP contribution < -0.4 is 4.74 Å². The smallest absolute Gasteiger partial charge is 0.224 e. The molecule has 0 aliphatic carbocycles. The lowest BCUT2D eigenvalue weighted by atomic mass is 10.1. The Kier molecular flexibility index (Phi) is 5.38. The first-order valence-corrected chi connectivity index (χ1v) is 8.91. The fraction of sp³-hybridized carbons (Fsp3) is 0.579. The van der Waals surface area contributed by atoms with Crippen LogP contribution in [0, 0.1) is 6.92 Å². The number of hydrogen-bond donors (Lipinski definition) is 0. The van der Waals surface area contributed by atoms with Gasteiger partial charge in [0.25, 0.3) is 0 Å². The number of hydrogen-bond acceptors (Lipinski definition) is 3. The van der Waals surface area contributed by atoms with Gasteiger partial charge in [0, 0.05) is 25.9 Å². The van der Waals surface area contributed by atoms with Crippen molar-refractivity contribution in [2.45, 2.75) is 45.1 Å². The molecule has 2 fully saturated rings. The van der Waals surface area contributed by atoms with Gasteiger partial charge in [0.15, 0.2) is 0 Å². The monoisotopic (exact) mass is 330 g/mol. The number of para-hydroxylation sites is 1. The minimum absolute atomic E-state index is 0.0786. The SMILES string of the molecule is Cc1ccccc1OC1CN(C(=O)CCN2CCCCCC2=O)C1. The third-order valence-corrected chi connectivity index (χ3v) is 4.85. The van der Waals surface area contributed by atoms with Crippen LogP contribution in [0.1, 0.15) is 37.7 Å². The first kappa shape index (κ1) is 16.8. The van der Waals surface area contributed by atoms with E-state index in [1.165, 1.54) is 0 Å². The number of carbonyl (C=O) groups is 2. The highest BCUT2D eigenvalue weighted by Crippen LogP contribution is 2.22. The molecule has 24 heavy (non-hydrogen) atoms. The third-order valence-electron chi connectivity index (χ3n) is 4.85. The van der Waals surface area contributed by atoms with Crippen molar-refractivity contribution in [2.75, 3.05) is 26.2 Å². The standard InChI is InChI=1S/C19H26N2O3/c1-15-7-4-5-8-17(15)24-16-13-21(14-16)19(23)10-12-20-11-6-2-3-9-18(20)22/h4-5,7-8,16H,2-3,6,9-14H2,1H3. The summed E-state index contributed by atoms with van der Waals surface area (Å²) in [5, 5.41) is 0. The highest BCUT2D eigenvalue weighted by Gasteiger charge is 2.32. The molecule has 2 aliphatic rings. The number of nitrogens with zero attached hydrogens (tertiary/aromatic N) is 2. The van der Waals surface area contributed by atoms with Gasteiger partial charge in [-0.15, -0.1) is 0 Å². The Labute approximate surface area is 143 Å². The molecule has 0 unspecified atom stereocenters. The molecule has 0 N–H and O–H groups in total. The Balaban J connectivity index is 1.40. The Bertz CT molecular complexity index is 596. The van der Waals surface area contributed by atoms with Crippen LogP contribution in [-0.2, 0) is 9.59 Å². The van der Waals surface area contributed by atoms with E-state index in [1.54, 1.807) is 0 Å². The fourth-order valence-corrected chi connectivity index (χ4v) is 3.25. The number of ether oxygens (including phenoxy) is 1. The maximum absolute atomic E-state index is 12.3. The van der Waals surface area contributed by atoms with Crippen molar-refractivity contribution in [3.05, 3.63) is 29.8 Å². The Morgan fingerprint density at radius 2 is 2.00 bits per heavy atom. The van der Waals surface area contributed by atoms with E-state index in [4.69, 9.17) is 4.74 Å². The normalized spacial score (nSPS) is 19.0. The largest absolute Gasteiger partial charge is 0.486 e. The summed E-state index contributed by atoms with van der Waals surface area (Å²) in [6.07, 6.45) is 4.27. The van der Waals surface area contributed by atoms with E-state index >= 15 is 0 Å². The van der Waals surface area contributed by atoms with Crippen molar-refractivity contribution in [1.82, 2.24) is 9.80 Å². The quantitative estimate of drug-likeness (QED) is 0.833. The number of rotatable bonds is 5. The van der Waals surface area contributed by atoms with E-state index in [9.17, 15) is 9.59 Å². The van der Waals surface area contributed by atoms with Gasteiger partial charge in [-0.25, -0.2) is 0 Å². The second-order valence-corrected chi connectivity index (χ2v) is 6.75. The average Bonchev–Trinajstić information content (AvgIpc) is 2.74. The van der Waals surface area contributed by atoms with Gasteiger partial charge in [0.05, 0.1) is 13.1 Å². The molecule has 0 spiro atoms. The third kappa shape index (κ3) is 4.08. The summed E-state index contributed by atoms with van der Waals surface area (Å²) >= 11 is 0. The van der Waals surface area contributed by atoms with Gasteiger partial charge in [0.2, 0.25) is 11.8 Å². The van der Waals surface area contributed by atoms with Gasteiger partial charge in [-0.05, 0) is 31.4 Å². The summed E-state index contributed by atoms with van der Waals surface area (Å²) < 4.78 is 5.93. The van der Waals surface area contributed by atoms with Gasteiger partial charge < -0.3 is 14.5 Å². The van der Waals surface area contributed by atoms with E-state index in [2.05, 4.69) is 0 Å². The van der Waals surface area contributed by atoms with Crippen molar-refractivity contribution >= 4 is 11.8 Å². The number of amides is 2. The summed E-state index contributed by atoms with van der Waals surface area (Å²) in [6, 6.07) is 7.94. The van der Waals surface area contributed by atoms with E-state index in [-0.39, 0.29) is 17.9 Å². The molecular weight excluding hydrogens is 304 g/mol. The molecular formula is C19H26N2O3. The summed E-state index contributed by atoms with van der Waals surface area (Å²) in [4.78, 5) is 27.9. The van der Waals surface area contributed by atoms with Crippen molar-refractivity contribution in [1.29, 1.82) is 0 Å². The van der Waals surface area contributed by atoms with Crippen LogP contribution in [0.3, 0.4) is 0 Å². The van der Waals surface area contributed by atoms with Crippen molar-refractivity contribution in [3.63, 3.8) is 0 Å². The number of carbonyl (C=O) groups excluding carboxylic acids is 2. The van der Waals surface area contributed by atoms with E-state index in [0.717, 1.165) is 37.1 Å². The van der Waals surface area contributed by atoms with Gasteiger partial charge in [-0.2, -0.15) is 0 Å². The average molecular weight is 330 g/mol. The van der Waals surface area contributed by atoms with Crippen molar-refractivity contribution in [3.8, 4) is 5.75 Å². The highest BCUT2D eigenvalue weighted by molar-refractivity contribution is 5.79. The lowest BCUT2D eigenvalue weighted by Gasteiger charge is -2.39. The van der Waals surface area contributed by atoms with Crippen LogP contribution in [0.4, 0.5) is 0 Å². The second-order valence-electron chi connectivity index (χ2n) is 6.75. The molecule has 130 valence electrons. The van der Waals surface area contributed by atoms with Crippen LogP contribution in [0.25, 0.3) is 0 Å². The maximum Gasteiger partial charge on any atom is 0.224 e. The Hall–Kier alpha value is -2.04. The van der Waals surface area contributed by atoms with Gasteiger partial charge >= 0.3 is 0 Å². The molecule has 1 aromatic carbocycles. The number of likely N-dealkylation sites (tertiary alicyclic amines) is 2. The topological polar surface area (TPSA) is 49.9 Å².